The van der Waals surface area contributed by atoms with Gasteiger partial charge in [0.25, 0.3) is 5.91 Å². The van der Waals surface area contributed by atoms with Crippen molar-refractivity contribution in [3.05, 3.63) is 65.5 Å². The van der Waals surface area contributed by atoms with Gasteiger partial charge in [0.05, 0.1) is 18.9 Å². The Morgan fingerprint density at radius 3 is 2.42 bits per heavy atom. The third kappa shape index (κ3) is 5.38. The van der Waals surface area contributed by atoms with Gasteiger partial charge in [-0.15, -0.1) is 6.58 Å². The Balaban J connectivity index is 1.99. The lowest BCUT2D eigenvalue weighted by Crippen LogP contribution is -2.38. The molecule has 0 saturated carbocycles. The Morgan fingerprint density at radius 2 is 1.81 bits per heavy atom. The maximum absolute atomic E-state index is 13.9. The van der Waals surface area contributed by atoms with E-state index in [4.69, 9.17) is 4.74 Å². The van der Waals surface area contributed by atoms with Crippen LogP contribution in [0.1, 0.15) is 27.3 Å². The number of benzene rings is 1. The van der Waals surface area contributed by atoms with Crippen molar-refractivity contribution >= 4 is 11.6 Å². The van der Waals surface area contributed by atoms with Crippen LogP contribution in [0.4, 0.5) is 5.69 Å². The lowest BCUT2D eigenvalue weighted by molar-refractivity contribution is 0.0720. The molecule has 0 bridgehead atoms. The number of amides is 1. The third-order valence-corrected chi connectivity index (χ3v) is 5.89. The first kappa shape index (κ1) is 23.1. The van der Waals surface area contributed by atoms with Crippen molar-refractivity contribution in [2.45, 2.75) is 26.9 Å². The second-order valence-corrected chi connectivity index (χ2v) is 8.42. The number of likely N-dealkylation sites (N-methyl/N-ethyl adjacent to an activating group) is 1. The maximum Gasteiger partial charge on any atom is 0.271 e. The number of carbonyl (C=O) groups is 1. The molecule has 0 atom stereocenters. The van der Waals surface area contributed by atoms with Gasteiger partial charge in [-0.05, 0) is 33.5 Å². The van der Waals surface area contributed by atoms with E-state index in [-0.39, 0.29) is 5.91 Å². The van der Waals surface area contributed by atoms with E-state index in [0.29, 0.717) is 19.6 Å². The monoisotopic (exact) mass is 424 g/mol. The van der Waals surface area contributed by atoms with Gasteiger partial charge in [0, 0.05) is 50.5 Å². The zero-order chi connectivity index (χ0) is 22.4. The first-order valence-corrected chi connectivity index (χ1v) is 11.0. The molecule has 0 N–H and O–H groups in total. The molecule has 1 fully saturated rings. The summed E-state index contributed by atoms with van der Waals surface area (Å²) in [5.41, 5.74) is 5.25. The number of anilines is 1. The summed E-state index contributed by atoms with van der Waals surface area (Å²) in [4.78, 5) is 20.4. The summed E-state index contributed by atoms with van der Waals surface area (Å²) < 4.78 is 7.68. The van der Waals surface area contributed by atoms with Crippen molar-refractivity contribution in [1.29, 1.82) is 0 Å². The summed E-state index contributed by atoms with van der Waals surface area (Å²) in [5.74, 6) is 0.0765. The molecule has 6 heteroatoms. The number of nitrogens with zero attached hydrogens (tertiary/aromatic N) is 4. The van der Waals surface area contributed by atoms with Crippen LogP contribution in [0.5, 0.6) is 0 Å². The van der Waals surface area contributed by atoms with Gasteiger partial charge in [0.15, 0.2) is 0 Å². The van der Waals surface area contributed by atoms with E-state index in [2.05, 4.69) is 46.9 Å². The van der Waals surface area contributed by atoms with Crippen molar-refractivity contribution in [3.63, 3.8) is 0 Å². The SMILES string of the molecule is C=CCn1c(C)c(N2CCOCC2)c(C)c1C(=O)N(CCN(C)C)Cc1ccccc1. The molecule has 1 aromatic heterocycles. The lowest BCUT2D eigenvalue weighted by Gasteiger charge is -2.29. The lowest BCUT2D eigenvalue weighted by atomic mass is 10.1. The van der Waals surface area contributed by atoms with Gasteiger partial charge >= 0.3 is 0 Å². The van der Waals surface area contributed by atoms with Crippen LogP contribution >= 0.6 is 0 Å². The van der Waals surface area contributed by atoms with Crippen molar-refractivity contribution in [2.75, 3.05) is 58.4 Å². The predicted molar refractivity (Wildman–Crippen MR) is 127 cm³/mol. The van der Waals surface area contributed by atoms with E-state index in [1.807, 2.05) is 43.3 Å². The number of hydrogen-bond donors (Lipinski definition) is 0. The highest BCUT2D eigenvalue weighted by molar-refractivity contribution is 5.96. The molecule has 168 valence electrons. The average Bonchev–Trinajstić information content (AvgIpc) is 3.01. The molecule has 1 aromatic carbocycles. The van der Waals surface area contributed by atoms with E-state index >= 15 is 0 Å². The highest BCUT2D eigenvalue weighted by Crippen LogP contribution is 2.32. The highest BCUT2D eigenvalue weighted by atomic mass is 16.5. The summed E-state index contributed by atoms with van der Waals surface area (Å²) >= 11 is 0. The Kier molecular flexibility index (Phi) is 7.93. The van der Waals surface area contributed by atoms with Crippen molar-refractivity contribution in [2.24, 2.45) is 0 Å². The van der Waals surface area contributed by atoms with Crippen molar-refractivity contribution < 1.29 is 9.53 Å². The standard InChI is InChI=1S/C25H36N4O2/c1-6-12-29-21(3)23(27-15-17-31-18-16-27)20(2)24(29)25(30)28(14-13-26(4)5)19-22-10-8-7-9-11-22/h6-11H,1,12-19H2,2-5H3. The first-order valence-electron chi connectivity index (χ1n) is 11.0. The maximum atomic E-state index is 13.9. The molecule has 3 rings (SSSR count). The van der Waals surface area contributed by atoms with Crippen molar-refractivity contribution in [1.82, 2.24) is 14.4 Å². The van der Waals surface area contributed by atoms with Gasteiger partial charge in [-0.2, -0.15) is 0 Å². The minimum atomic E-state index is 0.0765. The molecule has 1 aliphatic heterocycles. The van der Waals surface area contributed by atoms with Gasteiger partial charge in [0.2, 0.25) is 0 Å². The van der Waals surface area contributed by atoms with E-state index in [1.165, 1.54) is 5.69 Å². The highest BCUT2D eigenvalue weighted by Gasteiger charge is 2.29. The first-order chi connectivity index (χ1) is 14.9. The van der Waals surface area contributed by atoms with Crippen LogP contribution in [0, 0.1) is 13.8 Å². The molecule has 0 radical (unpaired) electrons. The normalized spacial score (nSPS) is 14.2. The van der Waals surface area contributed by atoms with Crippen LogP contribution in [0.15, 0.2) is 43.0 Å². The fourth-order valence-corrected chi connectivity index (χ4v) is 4.29. The number of ether oxygens (including phenoxy) is 1. The van der Waals surface area contributed by atoms with Crippen molar-refractivity contribution in [3.8, 4) is 0 Å². The van der Waals surface area contributed by atoms with E-state index < -0.39 is 0 Å². The van der Waals surface area contributed by atoms with Gasteiger partial charge in [-0.25, -0.2) is 0 Å². The topological polar surface area (TPSA) is 41.0 Å². The molecule has 2 heterocycles. The fraction of sp³-hybridized carbons (Fsp3) is 0.480. The van der Waals surface area contributed by atoms with Gasteiger partial charge in [-0.1, -0.05) is 36.4 Å². The Labute approximate surface area is 186 Å². The zero-order valence-corrected chi connectivity index (χ0v) is 19.4. The molecule has 1 amide bonds. The summed E-state index contributed by atoms with van der Waals surface area (Å²) in [7, 11) is 4.08. The Bertz CT molecular complexity index is 883. The predicted octanol–water partition coefficient (Wildman–Crippen LogP) is 3.33. The minimum Gasteiger partial charge on any atom is -0.378 e. The molecule has 2 aromatic rings. The number of aromatic nitrogens is 1. The summed E-state index contributed by atoms with van der Waals surface area (Å²) in [6, 6.07) is 10.2. The molecule has 31 heavy (non-hydrogen) atoms. The fourth-order valence-electron chi connectivity index (χ4n) is 4.29. The number of carbonyl (C=O) groups excluding carboxylic acids is 1. The van der Waals surface area contributed by atoms with Crippen LogP contribution in [-0.2, 0) is 17.8 Å². The van der Waals surface area contributed by atoms with Crippen LogP contribution in [0.25, 0.3) is 0 Å². The molecule has 0 unspecified atom stereocenters. The number of rotatable bonds is 9. The minimum absolute atomic E-state index is 0.0765. The molecular formula is C25H36N4O2. The molecule has 1 aliphatic rings. The molecule has 6 nitrogen and oxygen atoms in total. The van der Waals surface area contributed by atoms with Gasteiger partial charge in [0.1, 0.15) is 5.69 Å². The summed E-state index contributed by atoms with van der Waals surface area (Å²) in [6.07, 6.45) is 1.87. The summed E-state index contributed by atoms with van der Waals surface area (Å²) in [6.45, 7) is 14.0. The number of morpholine rings is 1. The quantitative estimate of drug-likeness (QED) is 0.579. The molecular weight excluding hydrogens is 388 g/mol. The van der Waals surface area contributed by atoms with E-state index in [9.17, 15) is 4.79 Å². The number of hydrogen-bond acceptors (Lipinski definition) is 4. The number of allylic oxidation sites excluding steroid dienone is 1. The third-order valence-electron chi connectivity index (χ3n) is 5.89. The molecule has 1 saturated heterocycles. The Morgan fingerprint density at radius 1 is 1.13 bits per heavy atom. The zero-order valence-electron chi connectivity index (χ0n) is 19.4. The molecule has 0 spiro atoms. The van der Waals surface area contributed by atoms with Crippen LogP contribution < -0.4 is 4.90 Å². The largest absolute Gasteiger partial charge is 0.378 e. The Hall–Kier alpha value is -2.57. The smallest absolute Gasteiger partial charge is 0.271 e. The summed E-state index contributed by atoms with van der Waals surface area (Å²) in [5, 5.41) is 0. The second-order valence-electron chi connectivity index (χ2n) is 8.42. The second kappa shape index (κ2) is 10.6. The van der Waals surface area contributed by atoms with Gasteiger partial charge < -0.3 is 24.0 Å². The van der Waals surface area contributed by atoms with Crippen LogP contribution in [-0.4, -0.2) is 73.8 Å². The van der Waals surface area contributed by atoms with Gasteiger partial charge in [-0.3, -0.25) is 4.79 Å². The van der Waals surface area contributed by atoms with Crippen LogP contribution in [0.2, 0.25) is 0 Å². The van der Waals surface area contributed by atoms with Crippen LogP contribution in [0.3, 0.4) is 0 Å². The average molecular weight is 425 g/mol. The van der Waals surface area contributed by atoms with E-state index in [1.54, 1.807) is 0 Å². The molecule has 0 aliphatic carbocycles. The van der Waals surface area contributed by atoms with E-state index in [0.717, 1.165) is 55.4 Å².